The fraction of sp³-hybridized carbons (Fsp3) is 0.269. The molecule has 1 heterocycles. The average molecular weight is 480 g/mol. The number of nitrogens with one attached hydrogen (secondary N) is 1. The molecule has 0 radical (unpaired) electrons. The Morgan fingerprint density at radius 2 is 1.62 bits per heavy atom. The number of benzene rings is 3. The quantitative estimate of drug-likeness (QED) is 0.531. The summed E-state index contributed by atoms with van der Waals surface area (Å²) in [6, 6.07) is 23.5. The number of nitrogens with zero attached hydrogens (tertiary/aromatic N) is 2. The number of ether oxygens (including phenoxy) is 1. The second kappa shape index (κ2) is 10.8. The van der Waals surface area contributed by atoms with E-state index in [9.17, 15) is 13.2 Å². The molecule has 4 rings (SSSR count). The summed E-state index contributed by atoms with van der Waals surface area (Å²) in [4.78, 5) is 15.2. The van der Waals surface area contributed by atoms with Crippen LogP contribution in [0.3, 0.4) is 0 Å². The monoisotopic (exact) mass is 479 g/mol. The third-order valence-corrected chi connectivity index (χ3v) is 7.64. The van der Waals surface area contributed by atoms with Crippen LogP contribution < -0.4 is 10.1 Å². The van der Waals surface area contributed by atoms with E-state index in [-0.39, 0.29) is 10.5 Å². The average Bonchev–Trinajstić information content (AvgIpc) is 2.86. The van der Waals surface area contributed by atoms with Crippen molar-refractivity contribution in [3.8, 4) is 5.75 Å². The highest BCUT2D eigenvalue weighted by atomic mass is 32.2. The fourth-order valence-electron chi connectivity index (χ4n) is 3.96. The number of anilines is 1. The van der Waals surface area contributed by atoms with Crippen molar-refractivity contribution in [1.29, 1.82) is 0 Å². The Hall–Kier alpha value is -3.20. The predicted octanol–water partition coefficient (Wildman–Crippen LogP) is 3.84. The molecule has 3 aromatic carbocycles. The van der Waals surface area contributed by atoms with E-state index in [1.165, 1.54) is 22.0 Å². The van der Waals surface area contributed by atoms with Crippen LogP contribution in [-0.2, 0) is 16.6 Å². The number of rotatable bonds is 8. The molecule has 1 saturated heterocycles. The predicted molar refractivity (Wildman–Crippen MR) is 132 cm³/mol. The maximum Gasteiger partial charge on any atom is 0.255 e. The molecule has 0 atom stereocenters. The minimum absolute atomic E-state index is 0.120. The molecule has 3 aromatic rings. The van der Waals surface area contributed by atoms with Crippen LogP contribution in [0, 0.1) is 0 Å². The Kier molecular flexibility index (Phi) is 7.62. The first kappa shape index (κ1) is 23.9. The van der Waals surface area contributed by atoms with Gasteiger partial charge in [-0.15, -0.1) is 0 Å². The molecule has 0 bridgehead atoms. The lowest BCUT2D eigenvalue weighted by atomic mass is 10.2. The summed E-state index contributed by atoms with van der Waals surface area (Å²) in [6.07, 6.45) is 0. The number of sulfonamides is 1. The molecule has 8 heteroatoms. The van der Waals surface area contributed by atoms with Crippen LogP contribution in [0.1, 0.15) is 22.8 Å². The number of piperazine rings is 1. The second-order valence-corrected chi connectivity index (χ2v) is 10.0. The SMILES string of the molecule is CCOc1ccccc1NC(=O)c1cccc(S(=O)(=O)N2CCN(Cc3ccccc3)CC2)c1. The first-order valence-corrected chi connectivity index (χ1v) is 12.8. The zero-order valence-corrected chi connectivity index (χ0v) is 20.0. The Morgan fingerprint density at radius 3 is 2.35 bits per heavy atom. The van der Waals surface area contributed by atoms with Crippen molar-refractivity contribution in [3.63, 3.8) is 0 Å². The number of hydrogen-bond donors (Lipinski definition) is 1. The number of hydrogen-bond acceptors (Lipinski definition) is 5. The van der Waals surface area contributed by atoms with E-state index in [2.05, 4.69) is 22.3 Å². The maximum atomic E-state index is 13.3. The topological polar surface area (TPSA) is 78.9 Å². The molecule has 1 aliphatic heterocycles. The van der Waals surface area contributed by atoms with Gasteiger partial charge in [0.05, 0.1) is 17.2 Å². The normalized spacial score (nSPS) is 15.1. The molecule has 0 saturated carbocycles. The van der Waals surface area contributed by atoms with Crippen LogP contribution in [-0.4, -0.2) is 56.3 Å². The van der Waals surface area contributed by atoms with Crippen molar-refractivity contribution in [2.24, 2.45) is 0 Å². The van der Waals surface area contributed by atoms with Crippen molar-refractivity contribution >= 4 is 21.6 Å². The highest BCUT2D eigenvalue weighted by Gasteiger charge is 2.29. The zero-order chi connectivity index (χ0) is 24.0. The summed E-state index contributed by atoms with van der Waals surface area (Å²) < 4.78 is 33.6. The molecule has 0 aromatic heterocycles. The summed E-state index contributed by atoms with van der Waals surface area (Å²) in [7, 11) is -3.70. The van der Waals surface area contributed by atoms with Gasteiger partial charge in [0.15, 0.2) is 0 Å². The Balaban J connectivity index is 1.43. The summed E-state index contributed by atoms with van der Waals surface area (Å²) >= 11 is 0. The summed E-state index contributed by atoms with van der Waals surface area (Å²) in [5.74, 6) is 0.174. The summed E-state index contributed by atoms with van der Waals surface area (Å²) in [5, 5.41) is 2.82. The van der Waals surface area contributed by atoms with Gasteiger partial charge in [-0.05, 0) is 42.8 Å². The van der Waals surface area contributed by atoms with Gasteiger partial charge >= 0.3 is 0 Å². The van der Waals surface area contributed by atoms with Gasteiger partial charge < -0.3 is 10.1 Å². The number of carbonyl (C=O) groups excluding carboxylic acids is 1. The Labute approximate surface area is 201 Å². The highest BCUT2D eigenvalue weighted by molar-refractivity contribution is 7.89. The second-order valence-electron chi connectivity index (χ2n) is 8.08. The molecule has 0 spiro atoms. The minimum atomic E-state index is -3.70. The van der Waals surface area contributed by atoms with Crippen LogP contribution in [0.5, 0.6) is 5.75 Å². The fourth-order valence-corrected chi connectivity index (χ4v) is 5.43. The lowest BCUT2D eigenvalue weighted by Gasteiger charge is -2.34. The third-order valence-electron chi connectivity index (χ3n) is 5.75. The van der Waals surface area contributed by atoms with Gasteiger partial charge in [0.25, 0.3) is 5.91 Å². The first-order chi connectivity index (χ1) is 16.5. The largest absolute Gasteiger partial charge is 0.492 e. The minimum Gasteiger partial charge on any atom is -0.492 e. The van der Waals surface area contributed by atoms with Crippen molar-refractivity contribution in [3.05, 3.63) is 90.0 Å². The van der Waals surface area contributed by atoms with E-state index in [0.717, 1.165) is 6.54 Å². The molecule has 34 heavy (non-hydrogen) atoms. The standard InChI is InChI=1S/C26H29N3O4S/c1-2-33-25-14-7-6-13-24(25)27-26(30)22-11-8-12-23(19-22)34(31,32)29-17-15-28(16-18-29)20-21-9-4-3-5-10-21/h3-14,19H,2,15-18,20H2,1H3,(H,27,30). The van der Waals surface area contributed by atoms with E-state index >= 15 is 0 Å². The summed E-state index contributed by atoms with van der Waals surface area (Å²) in [5.41, 5.74) is 2.02. The van der Waals surface area contributed by atoms with Gasteiger partial charge in [-0.25, -0.2) is 8.42 Å². The highest BCUT2D eigenvalue weighted by Crippen LogP contribution is 2.25. The van der Waals surface area contributed by atoms with Gasteiger partial charge in [-0.3, -0.25) is 9.69 Å². The lowest BCUT2D eigenvalue weighted by molar-refractivity contribution is 0.102. The number of amides is 1. The molecule has 7 nitrogen and oxygen atoms in total. The molecule has 0 unspecified atom stereocenters. The Morgan fingerprint density at radius 1 is 0.912 bits per heavy atom. The van der Waals surface area contributed by atoms with Gasteiger partial charge in [0, 0.05) is 38.3 Å². The van der Waals surface area contributed by atoms with Crippen molar-refractivity contribution in [2.45, 2.75) is 18.4 Å². The van der Waals surface area contributed by atoms with E-state index in [1.807, 2.05) is 31.2 Å². The van der Waals surface area contributed by atoms with Crippen LogP contribution in [0.4, 0.5) is 5.69 Å². The van der Waals surface area contributed by atoms with Crippen LogP contribution in [0.25, 0.3) is 0 Å². The van der Waals surface area contributed by atoms with Crippen LogP contribution in [0.15, 0.2) is 83.8 Å². The van der Waals surface area contributed by atoms with Gasteiger partial charge in [0.2, 0.25) is 10.0 Å². The number of para-hydroxylation sites is 2. The van der Waals surface area contributed by atoms with Crippen molar-refractivity contribution in [1.82, 2.24) is 9.21 Å². The van der Waals surface area contributed by atoms with E-state index in [1.54, 1.807) is 30.3 Å². The summed E-state index contributed by atoms with van der Waals surface area (Å²) in [6.45, 7) is 5.27. The van der Waals surface area contributed by atoms with E-state index in [4.69, 9.17) is 4.74 Å². The number of carbonyl (C=O) groups is 1. The van der Waals surface area contributed by atoms with Gasteiger partial charge in [-0.1, -0.05) is 48.5 Å². The zero-order valence-electron chi connectivity index (χ0n) is 19.2. The molecule has 178 valence electrons. The molecular formula is C26H29N3O4S. The molecule has 0 aliphatic carbocycles. The van der Waals surface area contributed by atoms with Gasteiger partial charge in [-0.2, -0.15) is 4.31 Å². The molecule has 1 N–H and O–H groups in total. The molecule has 1 aliphatic rings. The maximum absolute atomic E-state index is 13.3. The Bertz CT molecular complexity index is 1220. The molecule has 1 amide bonds. The van der Waals surface area contributed by atoms with Crippen molar-refractivity contribution in [2.75, 3.05) is 38.1 Å². The molecular weight excluding hydrogens is 450 g/mol. The third kappa shape index (κ3) is 5.64. The van der Waals surface area contributed by atoms with Crippen LogP contribution in [0.2, 0.25) is 0 Å². The smallest absolute Gasteiger partial charge is 0.255 e. The van der Waals surface area contributed by atoms with E-state index < -0.39 is 15.9 Å². The van der Waals surface area contributed by atoms with E-state index in [0.29, 0.717) is 44.2 Å². The molecule has 1 fully saturated rings. The van der Waals surface area contributed by atoms with Crippen LogP contribution >= 0.6 is 0 Å². The first-order valence-electron chi connectivity index (χ1n) is 11.4. The van der Waals surface area contributed by atoms with Crippen molar-refractivity contribution < 1.29 is 17.9 Å². The lowest BCUT2D eigenvalue weighted by Crippen LogP contribution is -2.48. The van der Waals surface area contributed by atoms with Gasteiger partial charge in [0.1, 0.15) is 5.75 Å².